The zero-order valence-electron chi connectivity index (χ0n) is 40.9. The number of nitrogens with one attached hydrogen (secondary N) is 1. The van der Waals surface area contributed by atoms with Crippen LogP contribution in [-0.2, 0) is 14.3 Å². The smallest absolute Gasteiger partial charge is 0.305 e. The third kappa shape index (κ3) is 47.7. The average Bonchev–Trinajstić information content (AvgIpc) is 3.26. The molecule has 360 valence electrons. The molecule has 0 aromatic carbocycles. The molecule has 0 aliphatic carbocycles. The van der Waals surface area contributed by atoms with Gasteiger partial charge in [0.1, 0.15) is 0 Å². The van der Waals surface area contributed by atoms with Crippen molar-refractivity contribution >= 4 is 11.9 Å². The van der Waals surface area contributed by atoms with E-state index in [2.05, 4.69) is 43.5 Å². The van der Waals surface area contributed by atoms with E-state index < -0.39 is 12.1 Å². The van der Waals surface area contributed by atoms with Crippen LogP contribution in [0.5, 0.6) is 0 Å². The Morgan fingerprint density at radius 3 is 1.25 bits per heavy atom. The van der Waals surface area contributed by atoms with Crippen molar-refractivity contribution in [2.75, 3.05) is 13.2 Å². The van der Waals surface area contributed by atoms with Crippen LogP contribution in [0, 0.1) is 0 Å². The van der Waals surface area contributed by atoms with Crippen LogP contribution in [0.25, 0.3) is 0 Å². The van der Waals surface area contributed by atoms with Crippen molar-refractivity contribution in [3.8, 4) is 0 Å². The van der Waals surface area contributed by atoms with E-state index in [0.717, 1.165) is 83.5 Å². The lowest BCUT2D eigenvalue weighted by atomic mass is 10.0. The second-order valence-corrected chi connectivity index (χ2v) is 18.6. The van der Waals surface area contributed by atoms with Crippen molar-refractivity contribution in [1.29, 1.82) is 0 Å². The first-order valence-electron chi connectivity index (χ1n) is 27.1. The molecule has 0 saturated carbocycles. The van der Waals surface area contributed by atoms with Gasteiger partial charge in [-0.1, -0.05) is 237 Å². The number of unbranched alkanes of at least 4 members (excludes halogenated alkanes) is 35. The second-order valence-electron chi connectivity index (χ2n) is 18.6. The molecule has 2 unspecified atom stereocenters. The molecule has 0 heterocycles. The molecule has 0 aromatic rings. The van der Waals surface area contributed by atoms with Gasteiger partial charge in [0.05, 0.1) is 25.4 Å². The van der Waals surface area contributed by atoms with E-state index in [1.807, 2.05) is 0 Å². The van der Waals surface area contributed by atoms with Crippen molar-refractivity contribution in [2.45, 2.75) is 302 Å². The number of carbonyl (C=O) groups excluding carboxylic acids is 2. The number of rotatable bonds is 50. The zero-order chi connectivity index (χ0) is 44.4. The molecule has 1 amide bonds. The first kappa shape index (κ1) is 59.3. The van der Waals surface area contributed by atoms with E-state index in [-0.39, 0.29) is 18.5 Å². The quantitative estimate of drug-likeness (QED) is 0.0322. The highest BCUT2D eigenvalue weighted by atomic mass is 16.5. The summed E-state index contributed by atoms with van der Waals surface area (Å²) in [7, 11) is 0. The first-order chi connectivity index (χ1) is 30.0. The fraction of sp³-hybridized carbons (Fsp3) is 0.891. The number of amides is 1. The molecule has 0 rings (SSSR count). The Hall–Kier alpha value is -1.66. The van der Waals surface area contributed by atoms with Gasteiger partial charge in [0.25, 0.3) is 0 Å². The largest absolute Gasteiger partial charge is 0.466 e. The minimum atomic E-state index is -0.673. The molecule has 0 bridgehead atoms. The standard InChI is InChI=1S/C55H105NO5/c1-3-5-7-9-11-13-15-17-25-29-33-37-41-45-49-55(60)61-50-46-42-38-34-30-26-22-20-18-19-21-24-28-32-36-40-44-48-54(59)56-52(51-57)53(58)47-43-39-35-31-27-23-16-14-12-10-8-6-4-2/h18,20,26,30,52-53,57-58H,3-17,19,21-25,27-29,31-51H2,1-2H3,(H,56,59)/b20-18-,30-26-. The van der Waals surface area contributed by atoms with E-state index in [4.69, 9.17) is 4.74 Å². The van der Waals surface area contributed by atoms with E-state index in [9.17, 15) is 19.8 Å². The van der Waals surface area contributed by atoms with Gasteiger partial charge in [0.15, 0.2) is 0 Å². The van der Waals surface area contributed by atoms with Gasteiger partial charge in [-0.25, -0.2) is 0 Å². The lowest BCUT2D eigenvalue weighted by Gasteiger charge is -2.22. The van der Waals surface area contributed by atoms with Gasteiger partial charge in [-0.3, -0.25) is 9.59 Å². The molecule has 0 spiro atoms. The molecule has 0 fully saturated rings. The minimum Gasteiger partial charge on any atom is -0.466 e. The van der Waals surface area contributed by atoms with Crippen molar-refractivity contribution in [3.05, 3.63) is 24.3 Å². The summed E-state index contributed by atoms with van der Waals surface area (Å²) in [5.41, 5.74) is 0. The number of aliphatic hydroxyl groups is 2. The number of aliphatic hydroxyl groups excluding tert-OH is 2. The number of hydrogen-bond donors (Lipinski definition) is 3. The molecule has 0 aromatic heterocycles. The van der Waals surface area contributed by atoms with Crippen LogP contribution in [0.3, 0.4) is 0 Å². The van der Waals surface area contributed by atoms with Gasteiger partial charge >= 0.3 is 5.97 Å². The summed E-state index contributed by atoms with van der Waals surface area (Å²) in [6.45, 7) is 4.91. The Morgan fingerprint density at radius 1 is 0.459 bits per heavy atom. The number of hydrogen-bond acceptors (Lipinski definition) is 5. The molecule has 0 radical (unpaired) electrons. The van der Waals surface area contributed by atoms with E-state index in [1.54, 1.807) is 0 Å². The predicted molar refractivity (Wildman–Crippen MR) is 264 cm³/mol. The highest BCUT2D eigenvalue weighted by molar-refractivity contribution is 5.76. The Labute approximate surface area is 380 Å². The monoisotopic (exact) mass is 860 g/mol. The molecular weight excluding hydrogens is 755 g/mol. The summed E-state index contributed by atoms with van der Waals surface area (Å²) in [6, 6.07) is -0.552. The number of allylic oxidation sites excluding steroid dienone is 4. The number of esters is 1. The topological polar surface area (TPSA) is 95.9 Å². The van der Waals surface area contributed by atoms with Crippen molar-refractivity contribution in [2.24, 2.45) is 0 Å². The van der Waals surface area contributed by atoms with Gasteiger partial charge in [-0.05, 0) is 64.2 Å². The number of carbonyl (C=O) groups is 2. The lowest BCUT2D eigenvalue weighted by Crippen LogP contribution is -2.45. The van der Waals surface area contributed by atoms with Crippen LogP contribution < -0.4 is 5.32 Å². The molecule has 0 aliphatic rings. The SMILES string of the molecule is CCCCCCCCCCCCCCCCC(=O)OCCCCC/C=C\C/C=C\CCCCCCCCCC(=O)NC(CO)C(O)CCCCCCCCCCCCCCC. The van der Waals surface area contributed by atoms with Crippen molar-refractivity contribution in [1.82, 2.24) is 5.32 Å². The maximum absolute atomic E-state index is 12.4. The van der Waals surface area contributed by atoms with Crippen molar-refractivity contribution < 1.29 is 24.5 Å². The van der Waals surface area contributed by atoms with Gasteiger partial charge in [-0.2, -0.15) is 0 Å². The average molecular weight is 860 g/mol. The first-order valence-corrected chi connectivity index (χ1v) is 27.1. The fourth-order valence-corrected chi connectivity index (χ4v) is 8.32. The second kappa shape index (κ2) is 51.0. The van der Waals surface area contributed by atoms with Crippen LogP contribution in [-0.4, -0.2) is 47.4 Å². The van der Waals surface area contributed by atoms with E-state index >= 15 is 0 Å². The third-order valence-corrected chi connectivity index (χ3v) is 12.5. The molecule has 0 aliphatic heterocycles. The third-order valence-electron chi connectivity index (χ3n) is 12.5. The van der Waals surface area contributed by atoms with Crippen molar-refractivity contribution in [3.63, 3.8) is 0 Å². The summed E-state index contributed by atoms with van der Waals surface area (Å²) >= 11 is 0. The molecule has 0 saturated heterocycles. The van der Waals surface area contributed by atoms with Gasteiger partial charge in [0.2, 0.25) is 5.91 Å². The normalized spacial score (nSPS) is 12.8. The minimum absolute atomic E-state index is 0.0133. The van der Waals surface area contributed by atoms with Gasteiger partial charge in [-0.15, -0.1) is 0 Å². The molecule has 6 heteroatoms. The lowest BCUT2D eigenvalue weighted by molar-refractivity contribution is -0.143. The molecule has 61 heavy (non-hydrogen) atoms. The van der Waals surface area contributed by atoms with Crippen LogP contribution in [0.4, 0.5) is 0 Å². The Kier molecular flexibility index (Phi) is 49.6. The number of ether oxygens (including phenoxy) is 1. The Bertz CT molecular complexity index is 951. The van der Waals surface area contributed by atoms with Crippen LogP contribution >= 0.6 is 0 Å². The summed E-state index contributed by atoms with van der Waals surface area (Å²) in [5.74, 6) is -0.0642. The Balaban J connectivity index is 3.49. The fourth-order valence-electron chi connectivity index (χ4n) is 8.32. The van der Waals surface area contributed by atoms with E-state index in [1.165, 1.54) is 173 Å². The van der Waals surface area contributed by atoms with E-state index in [0.29, 0.717) is 25.9 Å². The molecule has 2 atom stereocenters. The maximum Gasteiger partial charge on any atom is 0.305 e. The highest BCUT2D eigenvalue weighted by Crippen LogP contribution is 2.16. The molecule has 6 nitrogen and oxygen atoms in total. The predicted octanol–water partition coefficient (Wildman–Crippen LogP) is 16.3. The zero-order valence-corrected chi connectivity index (χ0v) is 40.9. The maximum atomic E-state index is 12.4. The van der Waals surface area contributed by atoms with Crippen LogP contribution in [0.15, 0.2) is 24.3 Å². The summed E-state index contributed by atoms with van der Waals surface area (Å²) in [6.07, 6.45) is 60.1. The highest BCUT2D eigenvalue weighted by Gasteiger charge is 2.20. The molecular formula is C55H105NO5. The van der Waals surface area contributed by atoms with Gasteiger partial charge in [0, 0.05) is 12.8 Å². The van der Waals surface area contributed by atoms with Crippen LogP contribution in [0.1, 0.15) is 290 Å². The summed E-state index contributed by atoms with van der Waals surface area (Å²) in [5, 5.41) is 23.2. The summed E-state index contributed by atoms with van der Waals surface area (Å²) < 4.78 is 5.45. The molecule has 3 N–H and O–H groups in total. The van der Waals surface area contributed by atoms with Gasteiger partial charge < -0.3 is 20.3 Å². The summed E-state index contributed by atoms with van der Waals surface area (Å²) in [4.78, 5) is 24.5. The Morgan fingerprint density at radius 2 is 0.820 bits per heavy atom. The van der Waals surface area contributed by atoms with Crippen LogP contribution in [0.2, 0.25) is 0 Å².